The van der Waals surface area contributed by atoms with Crippen LogP contribution in [0.25, 0.3) is 5.57 Å². The van der Waals surface area contributed by atoms with Gasteiger partial charge in [0.15, 0.2) is 5.75 Å². The van der Waals surface area contributed by atoms with Crippen molar-refractivity contribution in [1.29, 1.82) is 0 Å². The molecule has 1 aliphatic heterocycles. The number of anilines is 2. The van der Waals surface area contributed by atoms with E-state index in [1.807, 2.05) is 11.9 Å². The van der Waals surface area contributed by atoms with E-state index in [2.05, 4.69) is 36.8 Å². The number of amides is 2. The number of rotatable bonds is 9. The molecule has 208 valence electrons. The van der Waals surface area contributed by atoms with Crippen LogP contribution in [0, 0.1) is 0 Å². The number of allylic oxidation sites excluding steroid dienone is 2. The van der Waals surface area contributed by atoms with Crippen molar-refractivity contribution in [1.82, 2.24) is 14.8 Å². The maximum Gasteiger partial charge on any atom is 0.573 e. The second-order valence-corrected chi connectivity index (χ2v) is 8.58. The van der Waals surface area contributed by atoms with Crippen molar-refractivity contribution < 1.29 is 31.9 Å². The smallest absolute Gasteiger partial charge is 0.404 e. The lowest BCUT2D eigenvalue weighted by Gasteiger charge is -2.31. The van der Waals surface area contributed by atoms with Gasteiger partial charge in [-0.05, 0) is 44.3 Å². The molecule has 0 radical (unpaired) electrons. The SMILES string of the molecule is C=C/N=C(F)\C(=C/C)c1ccc(NC(=O)c2ccc(OC(F)(F)F)c(NC(=O)CN3CCN(C)CC3)c2)nc1. The summed E-state index contributed by atoms with van der Waals surface area (Å²) in [7, 11) is 1.96. The number of pyridine rings is 1. The first-order chi connectivity index (χ1) is 18.5. The van der Waals surface area contributed by atoms with Gasteiger partial charge < -0.3 is 20.3 Å². The second kappa shape index (κ2) is 13.1. The van der Waals surface area contributed by atoms with Gasteiger partial charge in [-0.2, -0.15) is 4.39 Å². The van der Waals surface area contributed by atoms with E-state index in [9.17, 15) is 27.2 Å². The summed E-state index contributed by atoms with van der Waals surface area (Å²) in [5.74, 6) is -2.55. The minimum absolute atomic E-state index is 0.0295. The monoisotopic (exact) mass is 548 g/mol. The highest BCUT2D eigenvalue weighted by atomic mass is 19.4. The average molecular weight is 549 g/mol. The summed E-state index contributed by atoms with van der Waals surface area (Å²) in [4.78, 5) is 37.0. The lowest BCUT2D eigenvalue weighted by molar-refractivity contribution is -0.274. The maximum atomic E-state index is 14.1. The van der Waals surface area contributed by atoms with Gasteiger partial charge in [0.25, 0.3) is 5.91 Å². The molecule has 1 fully saturated rings. The highest BCUT2D eigenvalue weighted by Crippen LogP contribution is 2.31. The first kappa shape index (κ1) is 29.5. The van der Waals surface area contributed by atoms with Crippen LogP contribution in [0.2, 0.25) is 0 Å². The van der Waals surface area contributed by atoms with E-state index >= 15 is 0 Å². The van der Waals surface area contributed by atoms with Crippen molar-refractivity contribution in [2.24, 2.45) is 4.99 Å². The predicted molar refractivity (Wildman–Crippen MR) is 140 cm³/mol. The molecule has 1 aliphatic rings. The van der Waals surface area contributed by atoms with Crippen molar-refractivity contribution in [3.8, 4) is 5.75 Å². The molecule has 2 N–H and O–H groups in total. The third kappa shape index (κ3) is 8.72. The number of alkyl halides is 3. The third-order valence-electron chi connectivity index (χ3n) is 5.74. The number of carbonyl (C=O) groups excluding carboxylic acids is 2. The van der Waals surface area contributed by atoms with Crippen LogP contribution in [0.4, 0.5) is 29.1 Å². The van der Waals surface area contributed by atoms with Gasteiger partial charge in [-0.15, -0.1) is 13.2 Å². The quantitative estimate of drug-likeness (QED) is 0.358. The van der Waals surface area contributed by atoms with Gasteiger partial charge in [0.2, 0.25) is 11.9 Å². The Bertz CT molecular complexity index is 1250. The molecule has 0 bridgehead atoms. The molecule has 0 spiro atoms. The largest absolute Gasteiger partial charge is 0.573 e. The molecule has 0 saturated carbocycles. The molecule has 0 aliphatic carbocycles. The minimum atomic E-state index is -5.01. The van der Waals surface area contributed by atoms with Crippen LogP contribution in [-0.2, 0) is 4.79 Å². The molecule has 13 heteroatoms. The number of aromatic nitrogens is 1. The fourth-order valence-corrected chi connectivity index (χ4v) is 3.75. The van der Waals surface area contributed by atoms with Crippen molar-refractivity contribution in [2.45, 2.75) is 13.3 Å². The number of hydrogen-bond donors (Lipinski definition) is 2. The number of benzene rings is 1. The highest BCUT2D eigenvalue weighted by Gasteiger charge is 2.32. The summed E-state index contributed by atoms with van der Waals surface area (Å²) in [6.45, 7) is 7.72. The number of piperazine rings is 1. The van der Waals surface area contributed by atoms with Gasteiger partial charge in [0.05, 0.1) is 12.2 Å². The third-order valence-corrected chi connectivity index (χ3v) is 5.74. The zero-order valence-corrected chi connectivity index (χ0v) is 21.4. The van der Waals surface area contributed by atoms with E-state index < -0.39 is 29.9 Å². The Hall–Kier alpha value is -4.10. The van der Waals surface area contributed by atoms with E-state index in [1.54, 1.807) is 6.92 Å². The van der Waals surface area contributed by atoms with Gasteiger partial charge in [-0.1, -0.05) is 12.7 Å². The average Bonchev–Trinajstić information content (AvgIpc) is 2.87. The summed E-state index contributed by atoms with van der Waals surface area (Å²) >= 11 is 0. The Labute approximate surface area is 222 Å². The zero-order chi connectivity index (χ0) is 28.6. The number of nitrogens with one attached hydrogen (secondary N) is 2. The molecule has 0 unspecified atom stereocenters. The summed E-state index contributed by atoms with van der Waals surface area (Å²) in [6, 6.07) is 6.11. The fraction of sp³-hybridized carbons (Fsp3) is 0.308. The molecule has 9 nitrogen and oxygen atoms in total. The molecule has 1 aromatic carbocycles. The molecular formula is C26H28F4N6O3. The van der Waals surface area contributed by atoms with Crippen LogP contribution >= 0.6 is 0 Å². The Morgan fingerprint density at radius 2 is 1.82 bits per heavy atom. The number of carbonyl (C=O) groups is 2. The molecule has 2 heterocycles. The molecule has 3 rings (SSSR count). The second-order valence-electron chi connectivity index (χ2n) is 8.58. The van der Waals surface area contributed by atoms with Crippen LogP contribution in [0.5, 0.6) is 5.75 Å². The normalized spacial score (nSPS) is 15.5. The zero-order valence-electron chi connectivity index (χ0n) is 21.4. The fourth-order valence-electron chi connectivity index (χ4n) is 3.75. The van der Waals surface area contributed by atoms with Crippen molar-refractivity contribution in [2.75, 3.05) is 50.4 Å². The molecule has 0 atom stereocenters. The van der Waals surface area contributed by atoms with Gasteiger partial charge in [0, 0.05) is 55.3 Å². The van der Waals surface area contributed by atoms with E-state index in [0.717, 1.165) is 37.5 Å². The van der Waals surface area contributed by atoms with Crippen LogP contribution in [0.15, 0.2) is 60.4 Å². The highest BCUT2D eigenvalue weighted by molar-refractivity contribution is 6.19. The first-order valence-corrected chi connectivity index (χ1v) is 11.9. The van der Waals surface area contributed by atoms with Crippen LogP contribution in [0.3, 0.4) is 0 Å². The van der Waals surface area contributed by atoms with E-state index in [4.69, 9.17) is 0 Å². The van der Waals surface area contributed by atoms with Crippen LogP contribution in [0.1, 0.15) is 22.8 Å². The van der Waals surface area contributed by atoms with Gasteiger partial charge in [-0.25, -0.2) is 9.98 Å². The Balaban J connectivity index is 1.76. The van der Waals surface area contributed by atoms with Crippen LogP contribution in [-0.4, -0.2) is 78.7 Å². The van der Waals surface area contributed by atoms with Crippen molar-refractivity contribution in [3.63, 3.8) is 0 Å². The number of ether oxygens (including phenoxy) is 1. The predicted octanol–water partition coefficient (Wildman–Crippen LogP) is 4.33. The van der Waals surface area contributed by atoms with Gasteiger partial charge >= 0.3 is 6.36 Å². The molecule has 2 aromatic rings. The van der Waals surface area contributed by atoms with Crippen molar-refractivity contribution in [3.05, 3.63) is 66.5 Å². The number of halogens is 4. The Kier molecular flexibility index (Phi) is 9.90. The van der Waals surface area contributed by atoms with Gasteiger partial charge in [0.1, 0.15) is 5.82 Å². The minimum Gasteiger partial charge on any atom is -0.404 e. The van der Waals surface area contributed by atoms with E-state index in [-0.39, 0.29) is 29.2 Å². The Morgan fingerprint density at radius 1 is 1.13 bits per heavy atom. The number of aliphatic imine (C=N–C) groups is 1. The molecule has 1 aromatic heterocycles. The lowest BCUT2D eigenvalue weighted by atomic mass is 10.1. The van der Waals surface area contributed by atoms with Gasteiger partial charge in [-0.3, -0.25) is 14.5 Å². The number of hydrogen-bond acceptors (Lipinski definition) is 7. The summed E-state index contributed by atoms with van der Waals surface area (Å²) in [5.41, 5.74) is 0.218. The molecule has 39 heavy (non-hydrogen) atoms. The standard InChI is InChI=1S/C26H28F4N6O3/c1-4-19(24(27)31-5-2)18-7-9-22(32-15-18)34-25(38)17-6-8-21(39-26(28,29)30)20(14-17)33-23(37)16-36-12-10-35(3)11-13-36/h4-9,14-15H,2,10-13,16H2,1,3H3,(H,33,37)(H,32,34,38)/b19-4-,31-24+. The topological polar surface area (TPSA) is 99.2 Å². The first-order valence-electron chi connectivity index (χ1n) is 11.9. The van der Waals surface area contributed by atoms with Crippen molar-refractivity contribution >= 4 is 34.9 Å². The molecule has 2 amide bonds. The van der Waals surface area contributed by atoms with E-state index in [0.29, 0.717) is 18.7 Å². The maximum absolute atomic E-state index is 14.1. The number of likely N-dealkylation sites (N-methyl/N-ethyl adjacent to an activating group) is 1. The summed E-state index contributed by atoms with van der Waals surface area (Å²) in [6.07, 6.45) is -1.11. The summed E-state index contributed by atoms with van der Waals surface area (Å²) < 4.78 is 57.0. The van der Waals surface area contributed by atoms with E-state index in [1.165, 1.54) is 24.4 Å². The molecule has 1 saturated heterocycles. The Morgan fingerprint density at radius 3 is 2.41 bits per heavy atom. The molecular weight excluding hydrogens is 520 g/mol. The number of nitrogens with zero attached hydrogens (tertiary/aromatic N) is 4. The van der Waals surface area contributed by atoms with Crippen LogP contribution < -0.4 is 15.4 Å². The summed E-state index contributed by atoms with van der Waals surface area (Å²) in [5, 5.41) is 4.94. The lowest BCUT2D eigenvalue weighted by Crippen LogP contribution is -2.47.